The van der Waals surface area contributed by atoms with Gasteiger partial charge in [0.15, 0.2) is 6.10 Å². The summed E-state index contributed by atoms with van der Waals surface area (Å²) in [6.07, 6.45) is -1.45. The Labute approximate surface area is 86.6 Å². The Bertz CT molecular complexity index is 505. The van der Waals surface area contributed by atoms with Gasteiger partial charge in [0.1, 0.15) is 0 Å². The first kappa shape index (κ1) is 9.68. The van der Waals surface area contributed by atoms with Gasteiger partial charge in [-0.25, -0.2) is 4.79 Å². The Morgan fingerprint density at radius 2 is 1.73 bits per heavy atom. The number of carboxylic acids is 1. The van der Waals surface area contributed by atoms with Crippen LogP contribution in [0.1, 0.15) is 11.7 Å². The molecule has 0 amide bonds. The maximum absolute atomic E-state index is 10.6. The highest BCUT2D eigenvalue weighted by Gasteiger charge is 2.15. The number of aliphatic hydroxyl groups excluding tert-OH is 1. The van der Waals surface area contributed by atoms with Crippen LogP contribution in [0, 0.1) is 0 Å². The summed E-state index contributed by atoms with van der Waals surface area (Å²) in [5, 5.41) is 20.0. The maximum atomic E-state index is 10.6. The van der Waals surface area contributed by atoms with Crippen molar-refractivity contribution in [2.45, 2.75) is 6.10 Å². The SMILES string of the molecule is O=C(O)[C@H](O)c1ccc2ccccc2c1. The molecule has 0 saturated heterocycles. The van der Waals surface area contributed by atoms with Crippen LogP contribution in [0.4, 0.5) is 0 Å². The predicted octanol–water partition coefficient (Wildman–Crippen LogP) is 1.96. The summed E-state index contributed by atoms with van der Waals surface area (Å²) in [6.45, 7) is 0. The quantitative estimate of drug-likeness (QED) is 0.782. The number of fused-ring (bicyclic) bond motifs is 1. The molecule has 2 rings (SSSR count). The van der Waals surface area contributed by atoms with Gasteiger partial charge in [0.2, 0.25) is 0 Å². The number of aliphatic carboxylic acids is 1. The smallest absolute Gasteiger partial charge is 0.337 e. The molecule has 2 aromatic rings. The fraction of sp³-hybridized carbons (Fsp3) is 0.0833. The average molecular weight is 202 g/mol. The second-order valence-corrected chi connectivity index (χ2v) is 3.35. The third-order valence-corrected chi connectivity index (χ3v) is 2.32. The highest BCUT2D eigenvalue weighted by atomic mass is 16.4. The molecule has 1 atom stereocenters. The van der Waals surface area contributed by atoms with E-state index in [2.05, 4.69) is 0 Å². The van der Waals surface area contributed by atoms with Crippen LogP contribution in [-0.2, 0) is 4.79 Å². The standard InChI is InChI=1S/C12H10O3/c13-11(12(14)15)10-6-5-8-3-1-2-4-9(8)7-10/h1-7,11,13H,(H,14,15)/t11-/m1/s1. The predicted molar refractivity (Wildman–Crippen MR) is 56.5 cm³/mol. The van der Waals surface area contributed by atoms with Crippen molar-refractivity contribution in [1.82, 2.24) is 0 Å². The summed E-state index contributed by atoms with van der Waals surface area (Å²) in [4.78, 5) is 10.6. The molecule has 76 valence electrons. The van der Waals surface area contributed by atoms with Crippen LogP contribution < -0.4 is 0 Å². The Morgan fingerprint density at radius 3 is 2.40 bits per heavy atom. The first-order chi connectivity index (χ1) is 7.18. The van der Waals surface area contributed by atoms with Crippen molar-refractivity contribution < 1.29 is 15.0 Å². The van der Waals surface area contributed by atoms with E-state index in [9.17, 15) is 9.90 Å². The van der Waals surface area contributed by atoms with Crippen LogP contribution in [0.5, 0.6) is 0 Å². The van der Waals surface area contributed by atoms with Gasteiger partial charge in [0.05, 0.1) is 0 Å². The van der Waals surface area contributed by atoms with E-state index in [0.717, 1.165) is 10.8 Å². The average Bonchev–Trinajstić information content (AvgIpc) is 2.27. The van der Waals surface area contributed by atoms with Gasteiger partial charge in [-0.3, -0.25) is 0 Å². The highest BCUT2D eigenvalue weighted by molar-refractivity contribution is 5.84. The van der Waals surface area contributed by atoms with Crippen molar-refractivity contribution in [3.05, 3.63) is 48.0 Å². The van der Waals surface area contributed by atoms with Crippen LogP contribution >= 0.6 is 0 Å². The summed E-state index contributed by atoms with van der Waals surface area (Å²) in [6, 6.07) is 12.7. The molecule has 15 heavy (non-hydrogen) atoms. The van der Waals surface area contributed by atoms with Gasteiger partial charge >= 0.3 is 5.97 Å². The summed E-state index contributed by atoms with van der Waals surface area (Å²) in [7, 11) is 0. The largest absolute Gasteiger partial charge is 0.479 e. The van der Waals surface area contributed by atoms with Crippen molar-refractivity contribution in [3.63, 3.8) is 0 Å². The maximum Gasteiger partial charge on any atom is 0.337 e. The summed E-state index contributed by atoms with van der Waals surface area (Å²) in [5.41, 5.74) is 0.404. The minimum absolute atomic E-state index is 0.404. The van der Waals surface area contributed by atoms with Crippen molar-refractivity contribution >= 4 is 16.7 Å². The molecule has 0 spiro atoms. The molecule has 0 radical (unpaired) electrons. The van der Waals surface area contributed by atoms with Gasteiger partial charge in [-0.2, -0.15) is 0 Å². The lowest BCUT2D eigenvalue weighted by atomic mass is 10.0. The molecule has 3 heteroatoms. The molecule has 0 aromatic heterocycles. The summed E-state index contributed by atoms with van der Waals surface area (Å²) >= 11 is 0. The van der Waals surface area contributed by atoms with Gasteiger partial charge in [-0.05, 0) is 22.4 Å². The Hall–Kier alpha value is -1.87. The molecular weight excluding hydrogens is 192 g/mol. The van der Waals surface area contributed by atoms with Crippen LogP contribution in [-0.4, -0.2) is 16.2 Å². The van der Waals surface area contributed by atoms with E-state index in [1.54, 1.807) is 18.2 Å². The Kier molecular flexibility index (Phi) is 2.39. The third-order valence-electron chi connectivity index (χ3n) is 2.32. The minimum Gasteiger partial charge on any atom is -0.479 e. The number of carbonyl (C=O) groups is 1. The number of benzene rings is 2. The van der Waals surface area contributed by atoms with Crippen LogP contribution in [0.15, 0.2) is 42.5 Å². The minimum atomic E-state index is -1.45. The lowest BCUT2D eigenvalue weighted by molar-refractivity contribution is -0.146. The zero-order valence-corrected chi connectivity index (χ0v) is 7.92. The van der Waals surface area contributed by atoms with E-state index >= 15 is 0 Å². The zero-order valence-electron chi connectivity index (χ0n) is 7.92. The normalized spacial score (nSPS) is 12.6. The van der Waals surface area contributed by atoms with E-state index in [1.165, 1.54) is 0 Å². The van der Waals surface area contributed by atoms with Crippen LogP contribution in [0.2, 0.25) is 0 Å². The van der Waals surface area contributed by atoms with Crippen molar-refractivity contribution in [3.8, 4) is 0 Å². The number of aliphatic hydroxyl groups is 1. The molecule has 0 unspecified atom stereocenters. The summed E-state index contributed by atoms with van der Waals surface area (Å²) in [5.74, 6) is -1.23. The van der Waals surface area contributed by atoms with Crippen molar-refractivity contribution in [2.24, 2.45) is 0 Å². The van der Waals surface area contributed by atoms with E-state index in [1.807, 2.05) is 24.3 Å². The molecule has 2 N–H and O–H groups in total. The first-order valence-corrected chi connectivity index (χ1v) is 4.58. The lowest BCUT2D eigenvalue weighted by Crippen LogP contribution is -2.10. The van der Waals surface area contributed by atoms with Gasteiger partial charge < -0.3 is 10.2 Å². The Balaban J connectivity index is 2.51. The van der Waals surface area contributed by atoms with E-state index in [0.29, 0.717) is 5.56 Å². The first-order valence-electron chi connectivity index (χ1n) is 4.58. The number of hydrogen-bond acceptors (Lipinski definition) is 2. The highest BCUT2D eigenvalue weighted by Crippen LogP contribution is 2.20. The van der Waals surface area contributed by atoms with Crippen LogP contribution in [0.25, 0.3) is 10.8 Å². The third kappa shape index (κ3) is 1.82. The number of rotatable bonds is 2. The van der Waals surface area contributed by atoms with Crippen molar-refractivity contribution in [1.29, 1.82) is 0 Å². The fourth-order valence-corrected chi connectivity index (χ4v) is 1.52. The monoisotopic (exact) mass is 202 g/mol. The van der Waals surface area contributed by atoms with E-state index in [-0.39, 0.29) is 0 Å². The molecule has 0 aliphatic heterocycles. The molecule has 0 heterocycles. The van der Waals surface area contributed by atoms with Crippen molar-refractivity contribution in [2.75, 3.05) is 0 Å². The molecule has 0 saturated carbocycles. The second-order valence-electron chi connectivity index (χ2n) is 3.35. The molecule has 0 aliphatic rings. The van der Waals surface area contributed by atoms with Crippen LogP contribution in [0.3, 0.4) is 0 Å². The number of carboxylic acid groups (broad SMARTS) is 1. The fourth-order valence-electron chi connectivity index (χ4n) is 1.52. The summed E-state index contributed by atoms with van der Waals surface area (Å²) < 4.78 is 0. The molecule has 0 aliphatic carbocycles. The lowest BCUT2D eigenvalue weighted by Gasteiger charge is -2.06. The van der Waals surface area contributed by atoms with Gasteiger partial charge in [0.25, 0.3) is 0 Å². The van der Waals surface area contributed by atoms with Gasteiger partial charge in [0, 0.05) is 0 Å². The van der Waals surface area contributed by atoms with E-state index < -0.39 is 12.1 Å². The second kappa shape index (κ2) is 3.71. The Morgan fingerprint density at radius 1 is 1.07 bits per heavy atom. The topological polar surface area (TPSA) is 57.5 Å². The molecule has 3 nitrogen and oxygen atoms in total. The zero-order chi connectivity index (χ0) is 10.8. The molecule has 2 aromatic carbocycles. The van der Waals surface area contributed by atoms with Gasteiger partial charge in [-0.15, -0.1) is 0 Å². The molecular formula is C12H10O3. The van der Waals surface area contributed by atoms with Gasteiger partial charge in [-0.1, -0.05) is 36.4 Å². The van der Waals surface area contributed by atoms with E-state index in [4.69, 9.17) is 5.11 Å². The number of hydrogen-bond donors (Lipinski definition) is 2. The molecule has 0 fully saturated rings. The molecule has 0 bridgehead atoms.